The molecule has 0 aliphatic carbocycles. The van der Waals surface area contributed by atoms with Gasteiger partial charge in [0.15, 0.2) is 0 Å². The number of aryl methyl sites for hydroxylation is 1. The van der Waals surface area contributed by atoms with Crippen LogP contribution in [0.3, 0.4) is 0 Å². The molecule has 100 valence electrons. The van der Waals surface area contributed by atoms with Crippen LogP contribution in [-0.4, -0.2) is 28.0 Å². The maximum Gasteiger partial charge on any atom is 0.356 e. The van der Waals surface area contributed by atoms with Crippen LogP contribution in [0.5, 0.6) is 0 Å². The number of carbonyl (C=O) groups excluding carboxylic acids is 1. The van der Waals surface area contributed by atoms with Crippen molar-refractivity contribution >= 4 is 5.97 Å². The maximum absolute atomic E-state index is 11.4. The lowest BCUT2D eigenvalue weighted by atomic mass is 10.2. The Hall–Kier alpha value is -2.17. The zero-order valence-electron chi connectivity index (χ0n) is 11.1. The van der Waals surface area contributed by atoms with Crippen molar-refractivity contribution in [3.8, 4) is 11.4 Å². The smallest absolute Gasteiger partial charge is 0.356 e. The molecule has 0 saturated carbocycles. The highest BCUT2D eigenvalue weighted by molar-refractivity contribution is 5.87. The third kappa shape index (κ3) is 3.19. The van der Waals surface area contributed by atoms with Crippen molar-refractivity contribution in [3.63, 3.8) is 0 Å². The number of nitrogens with zero attached hydrogens (tertiary/aromatic N) is 2. The molecule has 2 aromatic heterocycles. The van der Waals surface area contributed by atoms with Gasteiger partial charge in [-0.2, -0.15) is 0 Å². The summed E-state index contributed by atoms with van der Waals surface area (Å²) in [6, 6.07) is 5.24. The number of hydrogen-bond acceptors (Lipinski definition) is 4. The largest absolute Gasteiger partial charge is 0.464 e. The first kappa shape index (κ1) is 13.3. The van der Waals surface area contributed by atoms with E-state index in [9.17, 15) is 4.79 Å². The monoisotopic (exact) mass is 259 g/mol. The number of nitrogens with one attached hydrogen (secondary N) is 1. The van der Waals surface area contributed by atoms with Crippen molar-refractivity contribution < 1.29 is 9.53 Å². The van der Waals surface area contributed by atoms with Crippen LogP contribution in [0.4, 0.5) is 0 Å². The highest BCUT2D eigenvalue weighted by Crippen LogP contribution is 2.16. The number of unbranched alkanes of at least 4 members (excludes halogenated alkanes) is 1. The quantitative estimate of drug-likeness (QED) is 0.838. The normalized spacial score (nSPS) is 10.4. The van der Waals surface area contributed by atoms with Crippen LogP contribution in [0.2, 0.25) is 0 Å². The van der Waals surface area contributed by atoms with Gasteiger partial charge in [-0.3, -0.25) is 0 Å². The highest BCUT2D eigenvalue weighted by atomic mass is 16.5. The Bertz CT molecular complexity index is 563. The molecule has 2 aromatic rings. The van der Waals surface area contributed by atoms with Gasteiger partial charge in [0.1, 0.15) is 11.5 Å². The summed E-state index contributed by atoms with van der Waals surface area (Å²) in [6.07, 6.45) is 4.90. The van der Waals surface area contributed by atoms with Gasteiger partial charge >= 0.3 is 5.97 Å². The molecule has 0 atom stereocenters. The second kappa shape index (κ2) is 6.13. The molecule has 5 nitrogen and oxygen atoms in total. The molecule has 5 heteroatoms. The van der Waals surface area contributed by atoms with Crippen LogP contribution in [0.25, 0.3) is 11.4 Å². The number of hydrogen-bond donors (Lipinski definition) is 1. The molecule has 0 aromatic carbocycles. The molecule has 1 N–H and O–H groups in total. The summed E-state index contributed by atoms with van der Waals surface area (Å²) in [5.41, 5.74) is 1.81. The molecule has 2 heterocycles. The number of esters is 1. The Morgan fingerprint density at radius 2 is 2.26 bits per heavy atom. The Labute approximate surface area is 112 Å². The summed E-state index contributed by atoms with van der Waals surface area (Å²) in [7, 11) is 1.34. The van der Waals surface area contributed by atoms with Crippen LogP contribution in [0.1, 0.15) is 36.1 Å². The summed E-state index contributed by atoms with van der Waals surface area (Å²) < 4.78 is 4.66. The van der Waals surface area contributed by atoms with E-state index in [1.807, 2.05) is 6.07 Å². The first-order valence-electron chi connectivity index (χ1n) is 6.34. The van der Waals surface area contributed by atoms with E-state index in [1.54, 1.807) is 18.3 Å². The van der Waals surface area contributed by atoms with Gasteiger partial charge in [-0.15, -0.1) is 0 Å². The van der Waals surface area contributed by atoms with Crippen molar-refractivity contribution in [1.29, 1.82) is 0 Å². The minimum absolute atomic E-state index is 0.296. The van der Waals surface area contributed by atoms with Crippen LogP contribution in [0.15, 0.2) is 24.4 Å². The Morgan fingerprint density at radius 3 is 3.00 bits per heavy atom. The lowest BCUT2D eigenvalue weighted by molar-refractivity contribution is 0.0594. The fraction of sp³-hybridized carbons (Fsp3) is 0.357. The van der Waals surface area contributed by atoms with Gasteiger partial charge in [-0.25, -0.2) is 14.8 Å². The number of aromatic amines is 1. The number of rotatable bonds is 5. The maximum atomic E-state index is 11.4. The molecule has 0 spiro atoms. The number of H-pyrrole nitrogens is 1. The van der Waals surface area contributed by atoms with Gasteiger partial charge in [0.05, 0.1) is 24.7 Å². The molecule has 0 radical (unpaired) electrons. The molecule has 2 rings (SSSR count). The summed E-state index contributed by atoms with van der Waals surface area (Å²) in [6.45, 7) is 2.14. The average molecular weight is 259 g/mol. The zero-order chi connectivity index (χ0) is 13.7. The van der Waals surface area contributed by atoms with Crippen LogP contribution < -0.4 is 0 Å². The van der Waals surface area contributed by atoms with Gasteiger partial charge in [0.2, 0.25) is 0 Å². The summed E-state index contributed by atoms with van der Waals surface area (Å²) >= 11 is 0. The van der Waals surface area contributed by atoms with E-state index in [4.69, 9.17) is 0 Å². The van der Waals surface area contributed by atoms with E-state index in [2.05, 4.69) is 26.6 Å². The van der Waals surface area contributed by atoms with Crippen LogP contribution >= 0.6 is 0 Å². The third-order valence-electron chi connectivity index (χ3n) is 2.82. The van der Waals surface area contributed by atoms with E-state index in [0.29, 0.717) is 11.4 Å². The van der Waals surface area contributed by atoms with Gasteiger partial charge < -0.3 is 9.72 Å². The van der Waals surface area contributed by atoms with Crippen molar-refractivity contribution in [3.05, 3.63) is 35.9 Å². The van der Waals surface area contributed by atoms with Crippen LogP contribution in [0, 0.1) is 0 Å². The average Bonchev–Trinajstić information content (AvgIpc) is 2.93. The fourth-order valence-corrected chi connectivity index (χ4v) is 1.77. The molecule has 0 bridgehead atoms. The minimum Gasteiger partial charge on any atom is -0.464 e. The Kier molecular flexibility index (Phi) is 4.28. The van der Waals surface area contributed by atoms with Gasteiger partial charge in [0, 0.05) is 6.42 Å². The van der Waals surface area contributed by atoms with E-state index in [-0.39, 0.29) is 0 Å². The Balaban J connectivity index is 2.21. The van der Waals surface area contributed by atoms with Crippen molar-refractivity contribution in [2.75, 3.05) is 7.11 Å². The summed E-state index contributed by atoms with van der Waals surface area (Å²) in [5, 5.41) is 0. The zero-order valence-corrected chi connectivity index (χ0v) is 11.1. The molecule has 0 saturated heterocycles. The van der Waals surface area contributed by atoms with E-state index < -0.39 is 5.97 Å². The first-order chi connectivity index (χ1) is 9.24. The fourth-order valence-electron chi connectivity index (χ4n) is 1.77. The van der Waals surface area contributed by atoms with Gasteiger partial charge in [0.25, 0.3) is 0 Å². The van der Waals surface area contributed by atoms with Crippen molar-refractivity contribution in [2.45, 2.75) is 26.2 Å². The molecule has 0 unspecified atom stereocenters. The van der Waals surface area contributed by atoms with Crippen molar-refractivity contribution in [1.82, 2.24) is 15.0 Å². The first-order valence-corrected chi connectivity index (χ1v) is 6.34. The third-order valence-corrected chi connectivity index (χ3v) is 2.82. The SMILES string of the molecule is CCCCc1ncc(-c2cccc(C(=O)OC)n2)[nH]1. The second-order valence-electron chi connectivity index (χ2n) is 4.25. The summed E-state index contributed by atoms with van der Waals surface area (Å²) in [4.78, 5) is 23.2. The number of ether oxygens (including phenoxy) is 1. The lowest BCUT2D eigenvalue weighted by Gasteiger charge is -2.01. The highest BCUT2D eigenvalue weighted by Gasteiger charge is 2.10. The number of aromatic nitrogens is 3. The second-order valence-corrected chi connectivity index (χ2v) is 4.25. The predicted molar refractivity (Wildman–Crippen MR) is 71.8 cm³/mol. The number of pyridine rings is 1. The number of methoxy groups -OCH3 is 1. The van der Waals surface area contributed by atoms with Crippen molar-refractivity contribution in [2.24, 2.45) is 0 Å². The molecule has 0 fully saturated rings. The molecule has 19 heavy (non-hydrogen) atoms. The van der Waals surface area contributed by atoms with E-state index in [1.165, 1.54) is 7.11 Å². The lowest BCUT2D eigenvalue weighted by Crippen LogP contribution is -2.04. The van der Waals surface area contributed by atoms with Gasteiger partial charge in [-0.1, -0.05) is 19.4 Å². The standard InChI is InChI=1S/C14H17N3O2/c1-3-4-8-13-15-9-12(17-13)10-6-5-7-11(16-10)14(18)19-2/h5-7,9H,3-4,8H2,1-2H3,(H,15,17). The number of carbonyl (C=O) groups is 1. The molecule has 0 amide bonds. The molecular formula is C14H17N3O2. The summed E-state index contributed by atoms with van der Waals surface area (Å²) in [5.74, 6) is 0.509. The van der Waals surface area contributed by atoms with Crippen LogP contribution in [-0.2, 0) is 11.2 Å². The predicted octanol–water partition coefficient (Wildman–Crippen LogP) is 2.60. The molecule has 0 aliphatic heterocycles. The van der Waals surface area contributed by atoms with E-state index in [0.717, 1.165) is 30.8 Å². The molecule has 0 aliphatic rings. The minimum atomic E-state index is -0.437. The topological polar surface area (TPSA) is 67.9 Å². The van der Waals surface area contributed by atoms with E-state index >= 15 is 0 Å². The Morgan fingerprint density at radius 1 is 1.42 bits per heavy atom. The van der Waals surface area contributed by atoms with Gasteiger partial charge in [-0.05, 0) is 18.6 Å². The molecular weight excluding hydrogens is 242 g/mol. The number of imidazole rings is 1.